The van der Waals surface area contributed by atoms with E-state index in [2.05, 4.69) is 37.4 Å². The molecule has 1 aliphatic carbocycles. The second kappa shape index (κ2) is 4.45. The Bertz CT molecular complexity index is 410. The second-order valence-corrected chi connectivity index (χ2v) is 5.95. The van der Waals surface area contributed by atoms with E-state index in [-0.39, 0.29) is 0 Å². The smallest absolute Gasteiger partial charge is 0.0325 e. The van der Waals surface area contributed by atoms with Gasteiger partial charge in [-0.3, -0.25) is 0 Å². The number of rotatable bonds is 1. The van der Waals surface area contributed by atoms with Crippen LogP contribution >= 0.6 is 0 Å². The Balaban J connectivity index is 1.80. The van der Waals surface area contributed by atoms with E-state index in [1.54, 1.807) is 0 Å². The number of hydrogen-bond donors (Lipinski definition) is 1. The van der Waals surface area contributed by atoms with Gasteiger partial charge in [0.05, 0.1) is 0 Å². The van der Waals surface area contributed by atoms with Crippen LogP contribution in [0.3, 0.4) is 0 Å². The van der Waals surface area contributed by atoms with E-state index in [0.29, 0.717) is 6.04 Å². The molecule has 2 aliphatic rings. The summed E-state index contributed by atoms with van der Waals surface area (Å²) < 4.78 is 0. The summed E-state index contributed by atoms with van der Waals surface area (Å²) >= 11 is 0. The van der Waals surface area contributed by atoms with Gasteiger partial charge in [0.2, 0.25) is 0 Å². The molecule has 0 aromatic heterocycles. The van der Waals surface area contributed by atoms with Crippen molar-refractivity contribution in [3.05, 3.63) is 34.9 Å². The molecule has 1 saturated carbocycles. The molecule has 1 aliphatic heterocycles. The van der Waals surface area contributed by atoms with E-state index in [4.69, 9.17) is 0 Å². The maximum Gasteiger partial charge on any atom is 0.0325 e. The average molecular weight is 229 g/mol. The van der Waals surface area contributed by atoms with Crippen molar-refractivity contribution in [3.8, 4) is 0 Å². The molecule has 1 N–H and O–H groups in total. The molecule has 0 spiro atoms. The van der Waals surface area contributed by atoms with E-state index in [1.165, 1.54) is 48.8 Å². The number of piperidine rings is 1. The first-order valence-electron chi connectivity index (χ1n) is 7.07. The van der Waals surface area contributed by atoms with Crippen LogP contribution in [0.15, 0.2) is 18.2 Å². The topological polar surface area (TPSA) is 12.0 Å². The minimum absolute atomic E-state index is 0.606. The van der Waals surface area contributed by atoms with Gasteiger partial charge in [0.1, 0.15) is 0 Å². The fourth-order valence-electron chi connectivity index (χ4n) is 3.79. The number of fused-ring (bicyclic) bond motifs is 1. The van der Waals surface area contributed by atoms with Gasteiger partial charge in [0.15, 0.2) is 0 Å². The maximum absolute atomic E-state index is 3.89. The summed E-state index contributed by atoms with van der Waals surface area (Å²) in [4.78, 5) is 0. The van der Waals surface area contributed by atoms with Gasteiger partial charge < -0.3 is 5.32 Å². The molecule has 0 bridgehead atoms. The summed E-state index contributed by atoms with van der Waals surface area (Å²) in [5, 5.41) is 3.89. The normalized spacial score (nSPS) is 32.5. The zero-order valence-electron chi connectivity index (χ0n) is 11.0. The third-order valence-electron chi connectivity index (χ3n) is 4.70. The Morgan fingerprint density at radius 2 is 1.94 bits per heavy atom. The molecule has 17 heavy (non-hydrogen) atoms. The summed E-state index contributed by atoms with van der Waals surface area (Å²) in [7, 11) is 0. The Hall–Kier alpha value is -0.820. The number of benzene rings is 1. The van der Waals surface area contributed by atoms with E-state index in [0.717, 1.165) is 12.0 Å². The maximum atomic E-state index is 3.89. The highest BCUT2D eigenvalue weighted by Gasteiger charge is 2.33. The van der Waals surface area contributed by atoms with Crippen LogP contribution in [0.2, 0.25) is 0 Å². The fraction of sp³-hybridized carbons (Fsp3) is 0.625. The molecule has 1 nitrogen and oxygen atoms in total. The lowest BCUT2D eigenvalue weighted by Crippen LogP contribution is -2.40. The molecular formula is C16H23N. The van der Waals surface area contributed by atoms with Gasteiger partial charge in [-0.25, -0.2) is 0 Å². The van der Waals surface area contributed by atoms with Crippen molar-refractivity contribution < 1.29 is 0 Å². The van der Waals surface area contributed by atoms with Gasteiger partial charge in [-0.15, -0.1) is 0 Å². The van der Waals surface area contributed by atoms with E-state index in [9.17, 15) is 0 Å². The molecule has 1 aromatic rings. The number of hydrogen-bond acceptors (Lipinski definition) is 1. The summed E-state index contributed by atoms with van der Waals surface area (Å²) in [6.45, 7) is 4.43. The monoisotopic (exact) mass is 229 g/mol. The van der Waals surface area contributed by atoms with Gasteiger partial charge in [-0.2, -0.15) is 0 Å². The largest absolute Gasteiger partial charge is 0.307 e. The molecule has 1 saturated heterocycles. The number of nitrogens with one attached hydrogen (secondary N) is 1. The highest BCUT2D eigenvalue weighted by atomic mass is 15.0. The van der Waals surface area contributed by atoms with Gasteiger partial charge >= 0.3 is 0 Å². The SMILES string of the molecule is Cc1ccc(C2CCC3CCCC3N2)c(C)c1. The van der Waals surface area contributed by atoms with Crippen molar-refractivity contribution in [1.29, 1.82) is 0 Å². The van der Waals surface area contributed by atoms with Crippen LogP contribution in [0, 0.1) is 19.8 Å². The molecule has 3 rings (SSSR count). The molecule has 2 fully saturated rings. The van der Waals surface area contributed by atoms with Crippen molar-refractivity contribution in [2.45, 2.75) is 58.0 Å². The van der Waals surface area contributed by atoms with Crippen LogP contribution in [-0.2, 0) is 0 Å². The minimum atomic E-state index is 0.606. The van der Waals surface area contributed by atoms with Crippen molar-refractivity contribution >= 4 is 0 Å². The summed E-state index contributed by atoms with van der Waals surface area (Å²) in [5.74, 6) is 0.969. The highest BCUT2D eigenvalue weighted by molar-refractivity contribution is 5.33. The van der Waals surface area contributed by atoms with E-state index < -0.39 is 0 Å². The molecule has 0 amide bonds. The van der Waals surface area contributed by atoms with E-state index in [1.807, 2.05) is 0 Å². The van der Waals surface area contributed by atoms with Crippen LogP contribution in [0.25, 0.3) is 0 Å². The second-order valence-electron chi connectivity index (χ2n) is 5.95. The zero-order valence-corrected chi connectivity index (χ0v) is 11.0. The molecule has 1 aromatic carbocycles. The standard InChI is InChI=1S/C16H23N/c1-11-6-8-14(12(2)10-11)16-9-7-13-4-3-5-15(13)17-16/h6,8,10,13,15-17H,3-5,7,9H2,1-2H3. The molecule has 1 heteroatoms. The summed E-state index contributed by atoms with van der Waals surface area (Å²) in [6.07, 6.45) is 7.03. The predicted molar refractivity (Wildman–Crippen MR) is 72.2 cm³/mol. The zero-order chi connectivity index (χ0) is 11.8. The van der Waals surface area contributed by atoms with Crippen LogP contribution in [0.4, 0.5) is 0 Å². The van der Waals surface area contributed by atoms with Gasteiger partial charge in [-0.1, -0.05) is 30.2 Å². The van der Waals surface area contributed by atoms with Crippen molar-refractivity contribution in [1.82, 2.24) is 5.32 Å². The van der Waals surface area contributed by atoms with Gasteiger partial charge in [-0.05, 0) is 56.6 Å². The lowest BCUT2D eigenvalue weighted by Gasteiger charge is -2.34. The van der Waals surface area contributed by atoms with Crippen LogP contribution in [-0.4, -0.2) is 6.04 Å². The Labute approximate surface area is 105 Å². The Kier molecular flexibility index (Phi) is 2.96. The van der Waals surface area contributed by atoms with Crippen molar-refractivity contribution in [3.63, 3.8) is 0 Å². The van der Waals surface area contributed by atoms with E-state index >= 15 is 0 Å². The highest BCUT2D eigenvalue weighted by Crippen LogP contribution is 2.38. The predicted octanol–water partition coefficient (Wildman–Crippen LogP) is 3.90. The van der Waals surface area contributed by atoms with Crippen molar-refractivity contribution in [2.24, 2.45) is 5.92 Å². The van der Waals surface area contributed by atoms with Crippen LogP contribution in [0.5, 0.6) is 0 Å². The fourth-order valence-corrected chi connectivity index (χ4v) is 3.79. The first-order chi connectivity index (χ1) is 8.24. The minimum Gasteiger partial charge on any atom is -0.307 e. The number of aryl methyl sites for hydroxylation is 2. The third kappa shape index (κ3) is 2.13. The average Bonchev–Trinajstić information content (AvgIpc) is 2.75. The van der Waals surface area contributed by atoms with Crippen LogP contribution in [0.1, 0.15) is 54.8 Å². The van der Waals surface area contributed by atoms with Crippen molar-refractivity contribution in [2.75, 3.05) is 0 Å². The summed E-state index contributed by atoms with van der Waals surface area (Å²) in [5.41, 5.74) is 4.36. The molecule has 3 unspecified atom stereocenters. The Morgan fingerprint density at radius 1 is 1.06 bits per heavy atom. The summed E-state index contributed by atoms with van der Waals surface area (Å²) in [6, 6.07) is 8.31. The van der Waals surface area contributed by atoms with Gasteiger partial charge in [0, 0.05) is 12.1 Å². The third-order valence-corrected chi connectivity index (χ3v) is 4.70. The first kappa shape index (κ1) is 11.3. The molecule has 92 valence electrons. The Morgan fingerprint density at radius 3 is 2.76 bits per heavy atom. The molecule has 1 heterocycles. The molecular weight excluding hydrogens is 206 g/mol. The lowest BCUT2D eigenvalue weighted by molar-refractivity contribution is 0.260. The van der Waals surface area contributed by atoms with Crippen LogP contribution < -0.4 is 5.32 Å². The lowest BCUT2D eigenvalue weighted by atomic mass is 9.85. The molecule has 0 radical (unpaired) electrons. The first-order valence-corrected chi connectivity index (χ1v) is 7.07. The quantitative estimate of drug-likeness (QED) is 0.770. The van der Waals surface area contributed by atoms with Gasteiger partial charge in [0.25, 0.3) is 0 Å². The molecule has 3 atom stereocenters.